The van der Waals surface area contributed by atoms with Crippen LogP contribution in [0, 0.1) is 16.7 Å². The van der Waals surface area contributed by atoms with E-state index in [1.54, 1.807) is 0 Å². The van der Waals surface area contributed by atoms with Gasteiger partial charge in [-0.25, -0.2) is 0 Å². The molecule has 5 nitrogen and oxygen atoms in total. The number of nitrogens with one attached hydrogen (secondary N) is 1. The van der Waals surface area contributed by atoms with Gasteiger partial charge in [0.05, 0.1) is 19.8 Å². The summed E-state index contributed by atoms with van der Waals surface area (Å²) in [5.74, 6) is -0.392. The molecule has 1 amide bonds. The van der Waals surface area contributed by atoms with E-state index in [2.05, 4.69) is 5.32 Å². The average molecular weight is 245 g/mol. The molecule has 0 heterocycles. The third kappa shape index (κ3) is 2.07. The zero-order valence-corrected chi connectivity index (χ0v) is 10.9. The maximum absolute atomic E-state index is 12.1. The number of hydrogen-bond donors (Lipinski definition) is 4. The minimum Gasteiger partial charge on any atom is -0.394 e. The number of aliphatic hydroxyl groups is 3. The molecule has 0 spiro atoms. The van der Waals surface area contributed by atoms with E-state index >= 15 is 0 Å². The van der Waals surface area contributed by atoms with Crippen molar-refractivity contribution in [2.45, 2.75) is 33.2 Å². The summed E-state index contributed by atoms with van der Waals surface area (Å²) >= 11 is 0. The summed E-state index contributed by atoms with van der Waals surface area (Å²) in [6, 6.07) is 0. The van der Waals surface area contributed by atoms with Crippen molar-refractivity contribution in [2.24, 2.45) is 16.7 Å². The first kappa shape index (κ1) is 14.4. The van der Waals surface area contributed by atoms with Crippen LogP contribution in [0.5, 0.6) is 0 Å². The van der Waals surface area contributed by atoms with Crippen LogP contribution in [0.25, 0.3) is 0 Å². The van der Waals surface area contributed by atoms with Gasteiger partial charge in [-0.1, -0.05) is 27.7 Å². The number of aliphatic hydroxyl groups excluding tert-OH is 3. The first-order valence-electron chi connectivity index (χ1n) is 5.83. The SMILES string of the molecule is CC1(C)C(C(=O)NC(CO)(CO)CO)C1(C)C. The topological polar surface area (TPSA) is 89.8 Å². The van der Waals surface area contributed by atoms with Gasteiger partial charge < -0.3 is 20.6 Å². The standard InChI is InChI=1S/C12H23NO4/c1-10(2)8(11(10,3)4)9(17)13-12(5-14,6-15)7-16/h8,14-16H,5-7H2,1-4H3,(H,13,17). The molecule has 100 valence electrons. The summed E-state index contributed by atoms with van der Waals surface area (Å²) in [7, 11) is 0. The molecule has 1 saturated carbocycles. The van der Waals surface area contributed by atoms with Gasteiger partial charge in [0.1, 0.15) is 5.54 Å². The summed E-state index contributed by atoms with van der Waals surface area (Å²) < 4.78 is 0. The van der Waals surface area contributed by atoms with Gasteiger partial charge in [0.2, 0.25) is 5.91 Å². The second-order valence-electron chi connectivity index (χ2n) is 6.12. The molecule has 1 aliphatic rings. The lowest BCUT2D eigenvalue weighted by Crippen LogP contribution is -2.57. The first-order chi connectivity index (χ1) is 7.68. The lowest BCUT2D eigenvalue weighted by atomic mass is 10.0. The highest BCUT2D eigenvalue weighted by Gasteiger charge is 2.68. The zero-order valence-electron chi connectivity index (χ0n) is 10.9. The number of hydrogen-bond acceptors (Lipinski definition) is 4. The van der Waals surface area contributed by atoms with E-state index in [-0.39, 0.29) is 22.7 Å². The van der Waals surface area contributed by atoms with Gasteiger partial charge >= 0.3 is 0 Å². The van der Waals surface area contributed by atoms with E-state index in [9.17, 15) is 4.79 Å². The average Bonchev–Trinajstić information content (AvgIpc) is 2.66. The van der Waals surface area contributed by atoms with Crippen LogP contribution in [0.2, 0.25) is 0 Å². The number of carbonyl (C=O) groups excluding carboxylic acids is 1. The van der Waals surface area contributed by atoms with Gasteiger partial charge in [0.25, 0.3) is 0 Å². The third-order valence-electron chi connectivity index (χ3n) is 4.58. The molecule has 0 aromatic rings. The molecule has 0 bridgehead atoms. The van der Waals surface area contributed by atoms with Crippen LogP contribution in [0.4, 0.5) is 0 Å². The predicted octanol–water partition coefficient (Wildman–Crippen LogP) is -0.500. The minimum absolute atomic E-state index is 0.108. The van der Waals surface area contributed by atoms with Crippen molar-refractivity contribution < 1.29 is 20.1 Å². The Bertz CT molecular complexity index is 285. The van der Waals surface area contributed by atoms with Crippen LogP contribution < -0.4 is 5.32 Å². The number of carbonyl (C=O) groups is 1. The Morgan fingerprint density at radius 1 is 1.06 bits per heavy atom. The highest BCUT2D eigenvalue weighted by molar-refractivity contribution is 5.84. The van der Waals surface area contributed by atoms with Crippen LogP contribution in [0.3, 0.4) is 0 Å². The predicted molar refractivity (Wildman–Crippen MR) is 63.2 cm³/mol. The molecule has 0 aliphatic heterocycles. The molecule has 0 aromatic carbocycles. The Kier molecular flexibility index (Phi) is 3.58. The summed E-state index contributed by atoms with van der Waals surface area (Å²) in [4.78, 5) is 12.1. The molecule has 0 saturated heterocycles. The third-order valence-corrected chi connectivity index (χ3v) is 4.58. The van der Waals surface area contributed by atoms with E-state index in [4.69, 9.17) is 15.3 Å². The highest BCUT2D eigenvalue weighted by atomic mass is 16.3. The lowest BCUT2D eigenvalue weighted by Gasteiger charge is -2.29. The Hall–Kier alpha value is -0.650. The Labute approximate surface area is 102 Å². The van der Waals surface area contributed by atoms with Gasteiger partial charge in [-0.3, -0.25) is 4.79 Å². The van der Waals surface area contributed by atoms with Crippen molar-refractivity contribution in [3.8, 4) is 0 Å². The van der Waals surface area contributed by atoms with E-state index in [0.29, 0.717) is 0 Å². The Morgan fingerprint density at radius 2 is 1.41 bits per heavy atom. The molecule has 0 aromatic heterocycles. The number of amides is 1. The van der Waals surface area contributed by atoms with Crippen molar-refractivity contribution in [3.05, 3.63) is 0 Å². The fourth-order valence-corrected chi connectivity index (χ4v) is 2.45. The molecular weight excluding hydrogens is 222 g/mol. The largest absolute Gasteiger partial charge is 0.394 e. The summed E-state index contributed by atoms with van der Waals surface area (Å²) in [6.07, 6.45) is 0. The van der Waals surface area contributed by atoms with Crippen molar-refractivity contribution >= 4 is 5.91 Å². The molecule has 0 unspecified atom stereocenters. The fraction of sp³-hybridized carbons (Fsp3) is 0.917. The summed E-state index contributed by atoms with van der Waals surface area (Å²) in [5, 5.41) is 30.0. The molecule has 4 N–H and O–H groups in total. The molecule has 1 rings (SSSR count). The van der Waals surface area contributed by atoms with Crippen LogP contribution >= 0.6 is 0 Å². The smallest absolute Gasteiger partial charge is 0.224 e. The van der Waals surface area contributed by atoms with Crippen molar-refractivity contribution in [1.29, 1.82) is 0 Å². The zero-order chi connectivity index (χ0) is 13.5. The van der Waals surface area contributed by atoms with Gasteiger partial charge in [-0.15, -0.1) is 0 Å². The van der Waals surface area contributed by atoms with Gasteiger partial charge in [-0.2, -0.15) is 0 Å². The second kappa shape index (κ2) is 4.23. The second-order valence-corrected chi connectivity index (χ2v) is 6.12. The van der Waals surface area contributed by atoms with Crippen molar-refractivity contribution in [3.63, 3.8) is 0 Å². The molecule has 0 radical (unpaired) electrons. The first-order valence-corrected chi connectivity index (χ1v) is 5.83. The normalized spacial score (nSPS) is 22.3. The van der Waals surface area contributed by atoms with Gasteiger partial charge in [0.15, 0.2) is 0 Å². The summed E-state index contributed by atoms with van der Waals surface area (Å²) in [6.45, 7) is 6.58. The number of rotatable bonds is 5. The van der Waals surface area contributed by atoms with Gasteiger partial charge in [0, 0.05) is 5.92 Å². The van der Waals surface area contributed by atoms with Crippen LogP contribution in [0.1, 0.15) is 27.7 Å². The molecular formula is C12H23NO4. The Morgan fingerprint density at radius 3 is 1.65 bits per heavy atom. The van der Waals surface area contributed by atoms with Crippen LogP contribution in [-0.4, -0.2) is 46.6 Å². The van der Waals surface area contributed by atoms with Crippen LogP contribution in [-0.2, 0) is 4.79 Å². The maximum Gasteiger partial charge on any atom is 0.224 e. The lowest BCUT2D eigenvalue weighted by molar-refractivity contribution is -0.127. The summed E-state index contributed by atoms with van der Waals surface area (Å²) in [5.41, 5.74) is -1.54. The van der Waals surface area contributed by atoms with Gasteiger partial charge in [-0.05, 0) is 10.8 Å². The highest BCUT2D eigenvalue weighted by Crippen LogP contribution is 2.68. The maximum atomic E-state index is 12.1. The van der Waals surface area contributed by atoms with E-state index < -0.39 is 25.4 Å². The molecule has 0 atom stereocenters. The molecule has 17 heavy (non-hydrogen) atoms. The molecule has 1 fully saturated rings. The quantitative estimate of drug-likeness (QED) is 0.526. The molecule has 1 aliphatic carbocycles. The fourth-order valence-electron chi connectivity index (χ4n) is 2.45. The molecule has 5 heteroatoms. The van der Waals surface area contributed by atoms with E-state index in [1.165, 1.54) is 0 Å². The van der Waals surface area contributed by atoms with E-state index in [0.717, 1.165) is 0 Å². The minimum atomic E-state index is -1.33. The van der Waals surface area contributed by atoms with Crippen molar-refractivity contribution in [2.75, 3.05) is 19.8 Å². The van der Waals surface area contributed by atoms with E-state index in [1.807, 2.05) is 27.7 Å². The van der Waals surface area contributed by atoms with Crippen LogP contribution in [0.15, 0.2) is 0 Å². The monoisotopic (exact) mass is 245 g/mol. The van der Waals surface area contributed by atoms with Crippen molar-refractivity contribution in [1.82, 2.24) is 5.32 Å². The Balaban J connectivity index is 2.75.